The zero-order valence-corrected chi connectivity index (χ0v) is 14.7. The molecule has 128 valence electrons. The standard InChI is InChI=1S/C19H16ClFN2O2/c1-11-7-17(18(25-3)9-15(11)20)23-19(24)14(10-22)8-13-4-5-16(21)12(2)6-13/h4-9H,1-3H3,(H,23,24). The molecule has 0 aliphatic carbocycles. The van der Waals surface area contributed by atoms with Crippen LogP contribution in [-0.2, 0) is 4.79 Å². The Morgan fingerprint density at radius 1 is 1.28 bits per heavy atom. The SMILES string of the molecule is COc1cc(Cl)c(C)cc1NC(=O)C(C#N)=Cc1ccc(F)c(C)c1. The van der Waals surface area contributed by atoms with Gasteiger partial charge in [-0.05, 0) is 54.8 Å². The normalized spacial score (nSPS) is 11.0. The third-order valence-electron chi connectivity index (χ3n) is 3.59. The number of carbonyl (C=O) groups excluding carboxylic acids is 1. The van der Waals surface area contributed by atoms with E-state index in [2.05, 4.69) is 5.32 Å². The molecule has 6 heteroatoms. The van der Waals surface area contributed by atoms with Crippen LogP contribution in [0.3, 0.4) is 0 Å². The fourth-order valence-electron chi connectivity index (χ4n) is 2.19. The summed E-state index contributed by atoms with van der Waals surface area (Å²) in [5, 5.41) is 12.4. The Balaban J connectivity index is 2.32. The number of nitriles is 1. The van der Waals surface area contributed by atoms with Crippen LogP contribution in [0.4, 0.5) is 10.1 Å². The smallest absolute Gasteiger partial charge is 0.266 e. The molecular weight excluding hydrogens is 343 g/mol. The summed E-state index contributed by atoms with van der Waals surface area (Å²) in [4.78, 5) is 12.4. The zero-order chi connectivity index (χ0) is 18.6. The number of hydrogen-bond acceptors (Lipinski definition) is 3. The number of hydrogen-bond donors (Lipinski definition) is 1. The Morgan fingerprint density at radius 3 is 2.60 bits per heavy atom. The lowest BCUT2D eigenvalue weighted by Gasteiger charge is -2.12. The number of rotatable bonds is 4. The minimum Gasteiger partial charge on any atom is -0.495 e. The molecule has 25 heavy (non-hydrogen) atoms. The summed E-state index contributed by atoms with van der Waals surface area (Å²) in [7, 11) is 1.46. The van der Waals surface area contributed by atoms with Crippen molar-refractivity contribution in [2.45, 2.75) is 13.8 Å². The molecule has 0 aliphatic rings. The van der Waals surface area contributed by atoms with Crippen molar-refractivity contribution in [3.8, 4) is 11.8 Å². The second-order valence-corrected chi connectivity index (χ2v) is 5.84. The first-order chi connectivity index (χ1) is 11.8. The summed E-state index contributed by atoms with van der Waals surface area (Å²) in [6, 6.07) is 9.46. The molecule has 0 radical (unpaired) electrons. The van der Waals surface area contributed by atoms with Gasteiger partial charge in [-0.25, -0.2) is 4.39 Å². The van der Waals surface area contributed by atoms with Gasteiger partial charge in [0.25, 0.3) is 5.91 Å². The Hall–Kier alpha value is -2.84. The molecule has 2 rings (SSSR count). The largest absolute Gasteiger partial charge is 0.495 e. The minimum absolute atomic E-state index is 0.110. The molecule has 1 amide bonds. The lowest BCUT2D eigenvalue weighted by molar-refractivity contribution is -0.112. The van der Waals surface area contributed by atoms with Crippen LogP contribution in [0.15, 0.2) is 35.9 Å². The van der Waals surface area contributed by atoms with Crippen LogP contribution < -0.4 is 10.1 Å². The number of nitrogens with zero attached hydrogens (tertiary/aromatic N) is 1. The Morgan fingerprint density at radius 2 is 2.00 bits per heavy atom. The Kier molecular flexibility index (Phi) is 5.79. The van der Waals surface area contributed by atoms with Gasteiger partial charge in [-0.1, -0.05) is 17.7 Å². The van der Waals surface area contributed by atoms with Crippen molar-refractivity contribution in [1.82, 2.24) is 0 Å². The van der Waals surface area contributed by atoms with Gasteiger partial charge < -0.3 is 10.1 Å². The molecule has 0 aliphatic heterocycles. The summed E-state index contributed by atoms with van der Waals surface area (Å²) >= 11 is 6.04. The molecule has 0 bridgehead atoms. The van der Waals surface area contributed by atoms with Gasteiger partial charge in [0.05, 0.1) is 12.8 Å². The van der Waals surface area contributed by atoms with Crippen molar-refractivity contribution in [2.24, 2.45) is 0 Å². The van der Waals surface area contributed by atoms with E-state index in [-0.39, 0.29) is 11.4 Å². The molecule has 4 nitrogen and oxygen atoms in total. The third kappa shape index (κ3) is 4.37. The van der Waals surface area contributed by atoms with Crippen LogP contribution in [0.2, 0.25) is 5.02 Å². The van der Waals surface area contributed by atoms with Gasteiger partial charge in [0, 0.05) is 11.1 Å². The molecule has 2 aromatic carbocycles. The molecule has 0 heterocycles. The van der Waals surface area contributed by atoms with E-state index in [9.17, 15) is 14.4 Å². The fraction of sp³-hybridized carbons (Fsp3) is 0.158. The van der Waals surface area contributed by atoms with E-state index in [0.717, 1.165) is 5.56 Å². The number of ether oxygens (including phenoxy) is 1. The highest BCUT2D eigenvalue weighted by Crippen LogP contribution is 2.31. The van der Waals surface area contributed by atoms with Crippen molar-refractivity contribution < 1.29 is 13.9 Å². The average molecular weight is 359 g/mol. The zero-order valence-electron chi connectivity index (χ0n) is 14.0. The maximum absolute atomic E-state index is 13.3. The second-order valence-electron chi connectivity index (χ2n) is 5.43. The Bertz CT molecular complexity index is 901. The maximum Gasteiger partial charge on any atom is 0.266 e. The van der Waals surface area contributed by atoms with E-state index in [0.29, 0.717) is 27.6 Å². The highest BCUT2D eigenvalue weighted by Gasteiger charge is 2.14. The van der Waals surface area contributed by atoms with E-state index in [1.54, 1.807) is 32.0 Å². The van der Waals surface area contributed by atoms with E-state index in [1.165, 1.54) is 25.3 Å². The van der Waals surface area contributed by atoms with Gasteiger partial charge in [0.15, 0.2) is 0 Å². The summed E-state index contributed by atoms with van der Waals surface area (Å²) in [6.07, 6.45) is 1.40. The van der Waals surface area contributed by atoms with E-state index < -0.39 is 5.91 Å². The number of aryl methyl sites for hydroxylation is 2. The van der Waals surface area contributed by atoms with E-state index in [4.69, 9.17) is 16.3 Å². The van der Waals surface area contributed by atoms with E-state index in [1.807, 2.05) is 6.07 Å². The van der Waals surface area contributed by atoms with Crippen LogP contribution in [0.25, 0.3) is 6.08 Å². The monoisotopic (exact) mass is 358 g/mol. The Labute approximate surface area is 150 Å². The molecule has 1 N–H and O–H groups in total. The molecule has 0 fully saturated rings. The van der Waals surface area contributed by atoms with Crippen molar-refractivity contribution in [1.29, 1.82) is 5.26 Å². The number of halogens is 2. The molecule has 0 saturated carbocycles. The van der Waals surface area contributed by atoms with Crippen LogP contribution in [0, 0.1) is 31.0 Å². The topological polar surface area (TPSA) is 62.1 Å². The fourth-order valence-corrected chi connectivity index (χ4v) is 2.35. The number of carbonyl (C=O) groups is 1. The van der Waals surface area contributed by atoms with Gasteiger partial charge >= 0.3 is 0 Å². The van der Waals surface area contributed by atoms with Gasteiger partial charge in [-0.3, -0.25) is 4.79 Å². The summed E-state index contributed by atoms with van der Waals surface area (Å²) < 4.78 is 18.5. The molecule has 0 spiro atoms. The molecular formula is C19H16ClFN2O2. The number of amides is 1. The first kappa shape index (κ1) is 18.5. The van der Waals surface area contributed by atoms with Gasteiger partial charge in [-0.2, -0.15) is 5.26 Å². The quantitative estimate of drug-likeness (QED) is 0.639. The summed E-state index contributed by atoms with van der Waals surface area (Å²) in [5.41, 5.74) is 2.05. The highest BCUT2D eigenvalue weighted by molar-refractivity contribution is 6.31. The van der Waals surface area contributed by atoms with Gasteiger partial charge in [-0.15, -0.1) is 0 Å². The first-order valence-electron chi connectivity index (χ1n) is 7.39. The number of anilines is 1. The van der Waals surface area contributed by atoms with Crippen molar-refractivity contribution >= 4 is 29.3 Å². The number of nitrogens with one attached hydrogen (secondary N) is 1. The first-order valence-corrected chi connectivity index (χ1v) is 7.77. The molecule has 0 unspecified atom stereocenters. The predicted octanol–water partition coefficient (Wildman–Crippen LogP) is 4.65. The van der Waals surface area contributed by atoms with Crippen LogP contribution in [-0.4, -0.2) is 13.0 Å². The predicted molar refractivity (Wildman–Crippen MR) is 96.1 cm³/mol. The van der Waals surface area contributed by atoms with Crippen molar-refractivity contribution in [3.63, 3.8) is 0 Å². The van der Waals surface area contributed by atoms with Crippen molar-refractivity contribution in [3.05, 3.63) is 63.4 Å². The third-order valence-corrected chi connectivity index (χ3v) is 3.99. The van der Waals surface area contributed by atoms with E-state index >= 15 is 0 Å². The van der Waals surface area contributed by atoms with Gasteiger partial charge in [0.2, 0.25) is 0 Å². The van der Waals surface area contributed by atoms with Crippen molar-refractivity contribution in [2.75, 3.05) is 12.4 Å². The summed E-state index contributed by atoms with van der Waals surface area (Å²) in [5.74, 6) is -0.551. The van der Waals surface area contributed by atoms with Crippen LogP contribution in [0.5, 0.6) is 5.75 Å². The molecule has 0 saturated heterocycles. The molecule has 0 atom stereocenters. The highest BCUT2D eigenvalue weighted by atomic mass is 35.5. The second kappa shape index (κ2) is 7.82. The maximum atomic E-state index is 13.3. The lowest BCUT2D eigenvalue weighted by atomic mass is 10.1. The van der Waals surface area contributed by atoms with Crippen LogP contribution in [0.1, 0.15) is 16.7 Å². The number of benzene rings is 2. The van der Waals surface area contributed by atoms with Gasteiger partial charge in [0.1, 0.15) is 23.2 Å². The van der Waals surface area contributed by atoms with Crippen LogP contribution >= 0.6 is 11.6 Å². The lowest BCUT2D eigenvalue weighted by Crippen LogP contribution is -2.14. The minimum atomic E-state index is -0.593. The summed E-state index contributed by atoms with van der Waals surface area (Å²) in [6.45, 7) is 3.40. The average Bonchev–Trinajstić information content (AvgIpc) is 2.58. The number of methoxy groups -OCH3 is 1. The molecule has 2 aromatic rings. The molecule has 0 aromatic heterocycles.